The Balaban J connectivity index is 1.93. The van der Waals surface area contributed by atoms with E-state index in [0.29, 0.717) is 13.0 Å². The highest BCUT2D eigenvalue weighted by Crippen LogP contribution is 2.41. The average molecular weight is 373 g/mol. The van der Waals surface area contributed by atoms with E-state index in [0.717, 1.165) is 25.1 Å². The van der Waals surface area contributed by atoms with Crippen molar-refractivity contribution in [3.05, 3.63) is 29.8 Å². The second-order valence-electron chi connectivity index (χ2n) is 9.08. The third-order valence-corrected chi connectivity index (χ3v) is 5.81. The topological polar surface area (TPSA) is 49.9 Å². The zero-order valence-electron chi connectivity index (χ0n) is 17.2. The summed E-state index contributed by atoms with van der Waals surface area (Å²) in [4.78, 5) is 29.4. The van der Waals surface area contributed by atoms with Crippen LogP contribution < -0.4 is 4.74 Å². The molecule has 148 valence electrons. The fraction of sp³-hybridized carbons (Fsp3) is 0.636. The van der Waals surface area contributed by atoms with Crippen LogP contribution in [0.3, 0.4) is 0 Å². The van der Waals surface area contributed by atoms with Crippen LogP contribution in [0.1, 0.15) is 58.4 Å². The number of carbonyl (C=O) groups is 2. The Labute approximate surface area is 162 Å². The van der Waals surface area contributed by atoms with E-state index in [1.54, 1.807) is 14.0 Å². The Morgan fingerprint density at radius 3 is 2.37 bits per heavy atom. The number of benzene rings is 1. The van der Waals surface area contributed by atoms with Crippen molar-refractivity contribution < 1.29 is 14.3 Å². The molecule has 2 aliphatic heterocycles. The maximum Gasteiger partial charge on any atom is 0.223 e. The number of methoxy groups -OCH3 is 1. The molecule has 0 saturated carbocycles. The highest BCUT2D eigenvalue weighted by Gasteiger charge is 2.49. The van der Waals surface area contributed by atoms with Gasteiger partial charge in [0, 0.05) is 32.4 Å². The third kappa shape index (κ3) is 4.12. The number of likely N-dealkylation sites (tertiary alicyclic amines) is 2. The van der Waals surface area contributed by atoms with Gasteiger partial charge in [-0.1, -0.05) is 32.9 Å². The number of ether oxygens (including phenoxy) is 1. The Kier molecular flexibility index (Phi) is 5.50. The number of hydrogen-bond acceptors (Lipinski definition) is 3. The lowest BCUT2D eigenvalue weighted by molar-refractivity contribution is -0.139. The Morgan fingerprint density at radius 1 is 1.15 bits per heavy atom. The monoisotopic (exact) mass is 372 g/mol. The molecule has 0 aromatic heterocycles. The summed E-state index contributed by atoms with van der Waals surface area (Å²) in [5.41, 5.74) is 1.13. The van der Waals surface area contributed by atoms with Gasteiger partial charge in [-0.25, -0.2) is 0 Å². The van der Waals surface area contributed by atoms with Crippen LogP contribution in [0.25, 0.3) is 0 Å². The van der Waals surface area contributed by atoms with Gasteiger partial charge in [-0.05, 0) is 36.0 Å². The Hall–Kier alpha value is -2.04. The fourth-order valence-corrected chi connectivity index (χ4v) is 4.64. The predicted molar refractivity (Wildman–Crippen MR) is 106 cm³/mol. The third-order valence-electron chi connectivity index (χ3n) is 5.81. The van der Waals surface area contributed by atoms with Gasteiger partial charge in [-0.3, -0.25) is 9.59 Å². The molecule has 3 rings (SSSR count). The minimum absolute atomic E-state index is 0.0420. The van der Waals surface area contributed by atoms with Crippen molar-refractivity contribution in [3.8, 4) is 5.75 Å². The molecule has 5 heteroatoms. The summed E-state index contributed by atoms with van der Waals surface area (Å²) < 4.78 is 5.28. The van der Waals surface area contributed by atoms with Crippen molar-refractivity contribution >= 4 is 11.8 Å². The van der Waals surface area contributed by atoms with Crippen molar-refractivity contribution in [1.82, 2.24) is 9.80 Å². The maximum absolute atomic E-state index is 13.1. The second kappa shape index (κ2) is 7.53. The molecule has 2 heterocycles. The SMILES string of the molecule is COc1ccc([C@H]2CN(C(=O)CC(C)(C)C)[C@@H]3CCCN(C(C)=O)[C@H]23)cc1. The molecule has 0 bridgehead atoms. The van der Waals surface area contributed by atoms with Crippen LogP contribution in [0.2, 0.25) is 0 Å². The summed E-state index contributed by atoms with van der Waals surface area (Å²) in [6, 6.07) is 8.25. The van der Waals surface area contributed by atoms with Crippen molar-refractivity contribution in [2.75, 3.05) is 20.2 Å². The molecule has 0 N–H and O–H groups in total. The molecule has 1 aromatic carbocycles. The summed E-state index contributed by atoms with van der Waals surface area (Å²) in [5.74, 6) is 1.28. The number of rotatable bonds is 3. The fourth-order valence-electron chi connectivity index (χ4n) is 4.64. The van der Waals surface area contributed by atoms with Gasteiger partial charge >= 0.3 is 0 Å². The van der Waals surface area contributed by atoms with E-state index in [2.05, 4.69) is 37.8 Å². The molecule has 1 aromatic rings. The first-order valence-electron chi connectivity index (χ1n) is 9.92. The largest absolute Gasteiger partial charge is 0.497 e. The number of carbonyl (C=O) groups excluding carboxylic acids is 2. The maximum atomic E-state index is 13.1. The van der Waals surface area contributed by atoms with Gasteiger partial charge in [0.1, 0.15) is 5.75 Å². The lowest BCUT2D eigenvalue weighted by atomic mass is 9.86. The first kappa shape index (κ1) is 19.7. The molecule has 3 atom stereocenters. The van der Waals surface area contributed by atoms with Crippen LogP contribution in [-0.2, 0) is 9.59 Å². The number of fused-ring (bicyclic) bond motifs is 1. The number of nitrogens with zero attached hydrogens (tertiary/aromatic N) is 2. The molecular weight excluding hydrogens is 340 g/mol. The minimum Gasteiger partial charge on any atom is -0.497 e. The van der Waals surface area contributed by atoms with E-state index in [1.165, 1.54) is 5.56 Å². The van der Waals surface area contributed by atoms with E-state index in [1.807, 2.05) is 17.0 Å². The van der Waals surface area contributed by atoms with E-state index < -0.39 is 0 Å². The van der Waals surface area contributed by atoms with Crippen LogP contribution >= 0.6 is 0 Å². The summed E-state index contributed by atoms with van der Waals surface area (Å²) >= 11 is 0. The van der Waals surface area contributed by atoms with Crippen LogP contribution in [0.5, 0.6) is 5.75 Å². The number of amides is 2. The number of hydrogen-bond donors (Lipinski definition) is 0. The van der Waals surface area contributed by atoms with Gasteiger partial charge in [0.05, 0.1) is 19.2 Å². The Bertz CT molecular complexity index is 693. The highest BCUT2D eigenvalue weighted by molar-refractivity contribution is 5.79. The molecule has 2 saturated heterocycles. The summed E-state index contributed by atoms with van der Waals surface area (Å²) in [6.45, 7) is 9.41. The first-order valence-corrected chi connectivity index (χ1v) is 9.92. The summed E-state index contributed by atoms with van der Waals surface area (Å²) in [7, 11) is 1.66. The van der Waals surface area contributed by atoms with Gasteiger partial charge in [0.15, 0.2) is 0 Å². The highest BCUT2D eigenvalue weighted by atomic mass is 16.5. The first-order chi connectivity index (χ1) is 12.7. The standard InChI is InChI=1S/C22H32N2O3/c1-15(25)23-12-6-7-19-21(23)18(16-8-10-17(27-5)11-9-16)14-24(19)20(26)13-22(2,3)4/h8-11,18-19,21H,6-7,12-14H2,1-5H3/t18-,19-,21-/m1/s1. The molecule has 2 fully saturated rings. The molecule has 5 nitrogen and oxygen atoms in total. The van der Waals surface area contributed by atoms with Gasteiger partial charge in [0.25, 0.3) is 0 Å². The Morgan fingerprint density at radius 2 is 1.81 bits per heavy atom. The van der Waals surface area contributed by atoms with E-state index in [4.69, 9.17) is 4.74 Å². The van der Waals surface area contributed by atoms with E-state index >= 15 is 0 Å². The van der Waals surface area contributed by atoms with Crippen LogP contribution in [0.15, 0.2) is 24.3 Å². The molecule has 27 heavy (non-hydrogen) atoms. The van der Waals surface area contributed by atoms with Gasteiger partial charge in [0.2, 0.25) is 11.8 Å². The lowest BCUT2D eigenvalue weighted by Gasteiger charge is -2.41. The molecular formula is C22H32N2O3. The van der Waals surface area contributed by atoms with Crippen molar-refractivity contribution in [2.45, 2.75) is 65.0 Å². The molecule has 0 radical (unpaired) electrons. The minimum atomic E-state index is -0.0420. The van der Waals surface area contributed by atoms with Crippen molar-refractivity contribution in [2.24, 2.45) is 5.41 Å². The summed E-state index contributed by atoms with van der Waals surface area (Å²) in [6.07, 6.45) is 2.46. The normalized spacial score (nSPS) is 25.3. The second-order valence-corrected chi connectivity index (χ2v) is 9.08. The average Bonchev–Trinajstić information content (AvgIpc) is 3.00. The quantitative estimate of drug-likeness (QED) is 0.817. The number of piperidine rings is 1. The zero-order valence-corrected chi connectivity index (χ0v) is 17.2. The molecule has 2 aliphatic rings. The molecule has 2 amide bonds. The van der Waals surface area contributed by atoms with E-state index in [9.17, 15) is 9.59 Å². The van der Waals surface area contributed by atoms with Crippen LogP contribution in [-0.4, -0.2) is 53.9 Å². The van der Waals surface area contributed by atoms with E-state index in [-0.39, 0.29) is 35.2 Å². The zero-order chi connectivity index (χ0) is 19.8. The van der Waals surface area contributed by atoms with Crippen molar-refractivity contribution in [1.29, 1.82) is 0 Å². The lowest BCUT2D eigenvalue weighted by Crippen LogP contribution is -2.53. The summed E-state index contributed by atoms with van der Waals surface area (Å²) in [5, 5.41) is 0. The van der Waals surface area contributed by atoms with Crippen molar-refractivity contribution in [3.63, 3.8) is 0 Å². The van der Waals surface area contributed by atoms with Gasteiger partial charge < -0.3 is 14.5 Å². The molecule has 0 aliphatic carbocycles. The smallest absolute Gasteiger partial charge is 0.223 e. The molecule has 0 unspecified atom stereocenters. The van der Waals surface area contributed by atoms with Crippen LogP contribution in [0, 0.1) is 5.41 Å². The predicted octanol–water partition coefficient (Wildman–Crippen LogP) is 3.44. The van der Waals surface area contributed by atoms with Gasteiger partial charge in [-0.2, -0.15) is 0 Å². The van der Waals surface area contributed by atoms with Gasteiger partial charge in [-0.15, -0.1) is 0 Å². The molecule has 0 spiro atoms. The van der Waals surface area contributed by atoms with Crippen LogP contribution in [0.4, 0.5) is 0 Å².